The van der Waals surface area contributed by atoms with Crippen LogP contribution >= 0.6 is 23.2 Å². The van der Waals surface area contributed by atoms with E-state index in [1.54, 1.807) is 25.1 Å². The zero-order chi connectivity index (χ0) is 21.1. The van der Waals surface area contributed by atoms with E-state index in [0.29, 0.717) is 34.6 Å². The molecule has 0 fully saturated rings. The van der Waals surface area contributed by atoms with E-state index in [1.165, 1.54) is 6.08 Å². The number of ether oxygens (including phenoxy) is 1. The molecular weight excluding hydrogens is 399 g/mol. The molecule has 0 bridgehead atoms. The minimum absolute atomic E-state index is 0.0551. The second-order valence-corrected chi connectivity index (χ2v) is 6.81. The van der Waals surface area contributed by atoms with Gasteiger partial charge in [0, 0.05) is 17.0 Å². The highest BCUT2D eigenvalue weighted by Gasteiger charge is 2.19. The summed E-state index contributed by atoms with van der Waals surface area (Å²) in [4.78, 5) is 35.4. The number of aldehydes is 1. The van der Waals surface area contributed by atoms with Crippen molar-refractivity contribution in [3.8, 4) is 0 Å². The third-order valence-electron chi connectivity index (χ3n) is 4.17. The number of Topliss-reactive ketones (excluding diaryl/α,β-unsaturated/α-hetero) is 1. The Balaban J connectivity index is 0.00000190. The monoisotopic (exact) mass is 424 g/mol. The van der Waals surface area contributed by atoms with Crippen LogP contribution in [0.1, 0.15) is 57.6 Å². The van der Waals surface area contributed by atoms with Gasteiger partial charge >= 0.3 is 5.97 Å². The normalized spacial score (nSPS) is 14.1. The first-order valence-corrected chi connectivity index (χ1v) is 10.2. The Morgan fingerprint density at radius 3 is 2.50 bits per heavy atom. The van der Waals surface area contributed by atoms with Crippen molar-refractivity contribution in [2.75, 3.05) is 6.61 Å². The number of halogens is 2. The van der Waals surface area contributed by atoms with Gasteiger partial charge in [-0.1, -0.05) is 43.1 Å². The molecule has 0 amide bonds. The van der Waals surface area contributed by atoms with E-state index in [4.69, 9.17) is 27.9 Å². The molecule has 0 N–H and O–H groups in total. The number of hydrogen-bond acceptors (Lipinski definition) is 4. The maximum absolute atomic E-state index is 12.6. The van der Waals surface area contributed by atoms with Crippen molar-refractivity contribution in [1.82, 2.24) is 0 Å². The van der Waals surface area contributed by atoms with Crippen molar-refractivity contribution in [1.29, 1.82) is 0 Å². The number of carbonyl (C=O) groups excluding carboxylic acids is 3. The van der Waals surface area contributed by atoms with Gasteiger partial charge < -0.3 is 4.74 Å². The van der Waals surface area contributed by atoms with E-state index in [2.05, 4.69) is 0 Å². The van der Waals surface area contributed by atoms with E-state index in [-0.39, 0.29) is 23.8 Å². The first-order valence-electron chi connectivity index (χ1n) is 9.49. The molecule has 0 aromatic heterocycles. The number of benzene rings is 1. The molecule has 28 heavy (non-hydrogen) atoms. The molecule has 0 saturated heterocycles. The minimum Gasteiger partial charge on any atom is -0.462 e. The first kappa shape index (κ1) is 24.1. The highest BCUT2D eigenvalue weighted by molar-refractivity contribution is 6.43. The van der Waals surface area contributed by atoms with Gasteiger partial charge in [-0.3, -0.25) is 9.59 Å². The van der Waals surface area contributed by atoms with Crippen LogP contribution in [-0.4, -0.2) is 24.6 Å². The highest BCUT2D eigenvalue weighted by atomic mass is 35.5. The summed E-state index contributed by atoms with van der Waals surface area (Å²) in [7, 11) is 0. The van der Waals surface area contributed by atoms with Crippen LogP contribution in [0.5, 0.6) is 0 Å². The lowest BCUT2D eigenvalue weighted by Crippen LogP contribution is -2.13. The number of carbonyl (C=O) groups is 3. The van der Waals surface area contributed by atoms with Gasteiger partial charge in [0.25, 0.3) is 0 Å². The third kappa shape index (κ3) is 6.92. The summed E-state index contributed by atoms with van der Waals surface area (Å²) in [5.41, 5.74) is 2.51. The lowest BCUT2D eigenvalue weighted by Gasteiger charge is -2.16. The van der Waals surface area contributed by atoms with Crippen LogP contribution in [0.2, 0.25) is 5.02 Å². The Labute approximate surface area is 176 Å². The molecule has 6 heteroatoms. The summed E-state index contributed by atoms with van der Waals surface area (Å²) >= 11 is 12.1. The van der Waals surface area contributed by atoms with Crippen molar-refractivity contribution in [2.45, 2.75) is 52.9 Å². The Kier molecular flexibility index (Phi) is 10.8. The lowest BCUT2D eigenvalue weighted by atomic mass is 9.88. The lowest BCUT2D eigenvalue weighted by molar-refractivity contribution is -0.137. The van der Waals surface area contributed by atoms with E-state index in [9.17, 15) is 14.4 Å². The third-order valence-corrected chi connectivity index (χ3v) is 4.77. The zero-order valence-corrected chi connectivity index (χ0v) is 18.0. The van der Waals surface area contributed by atoms with Gasteiger partial charge in [-0.15, -0.1) is 0 Å². The second-order valence-electron chi connectivity index (χ2n) is 6.00. The van der Waals surface area contributed by atoms with Crippen LogP contribution < -0.4 is 0 Å². The molecule has 0 spiro atoms. The number of allylic oxidation sites excluding steroid dienone is 2. The zero-order valence-electron chi connectivity index (χ0n) is 16.5. The maximum Gasteiger partial charge on any atom is 0.349 e. The van der Waals surface area contributed by atoms with E-state index in [1.807, 2.05) is 13.8 Å². The molecule has 2 rings (SSSR count). The molecule has 0 saturated carbocycles. The van der Waals surface area contributed by atoms with Gasteiger partial charge in [0.15, 0.2) is 5.78 Å². The van der Waals surface area contributed by atoms with Crippen LogP contribution in [0.15, 0.2) is 34.4 Å². The number of hydrogen-bond donors (Lipinski definition) is 0. The largest absolute Gasteiger partial charge is 0.462 e. The highest BCUT2D eigenvalue weighted by Crippen LogP contribution is 2.27. The predicted molar refractivity (Wildman–Crippen MR) is 114 cm³/mol. The summed E-state index contributed by atoms with van der Waals surface area (Å²) in [6, 6.07) is 5.12. The molecule has 0 heterocycles. The molecular formula is C22H26Cl2O4. The molecule has 1 aromatic rings. The average Bonchev–Trinajstić information content (AvgIpc) is 2.72. The Morgan fingerprint density at radius 2 is 1.86 bits per heavy atom. The van der Waals surface area contributed by atoms with Crippen LogP contribution in [0.25, 0.3) is 6.08 Å². The van der Waals surface area contributed by atoms with Gasteiger partial charge in [-0.25, -0.2) is 4.79 Å². The molecule has 0 aliphatic heterocycles. The van der Waals surface area contributed by atoms with E-state index in [0.717, 1.165) is 24.7 Å². The van der Waals surface area contributed by atoms with Gasteiger partial charge in [0.2, 0.25) is 0 Å². The molecule has 1 aliphatic rings. The smallest absolute Gasteiger partial charge is 0.349 e. The first-order chi connectivity index (χ1) is 13.5. The molecule has 152 valence electrons. The van der Waals surface area contributed by atoms with Crippen LogP contribution in [0.3, 0.4) is 0 Å². The molecule has 0 radical (unpaired) electrons. The van der Waals surface area contributed by atoms with Crippen molar-refractivity contribution >= 4 is 47.3 Å². The maximum atomic E-state index is 12.6. The van der Waals surface area contributed by atoms with Gasteiger partial charge in [-0.2, -0.15) is 0 Å². The number of esters is 1. The van der Waals surface area contributed by atoms with Crippen molar-refractivity contribution in [3.63, 3.8) is 0 Å². The Bertz CT molecular complexity index is 779. The summed E-state index contributed by atoms with van der Waals surface area (Å²) < 4.78 is 4.84. The SMILES string of the molecule is CC.CCOC(=O)/C(Cl)=C/c1cc(CC(=O)C2=C(C=O)CCCC2)ccc1Cl. The topological polar surface area (TPSA) is 60.4 Å². The molecule has 0 atom stereocenters. The van der Waals surface area contributed by atoms with Crippen molar-refractivity contribution in [2.24, 2.45) is 0 Å². The molecule has 1 aliphatic carbocycles. The van der Waals surface area contributed by atoms with Crippen LogP contribution in [0, 0.1) is 0 Å². The fraction of sp³-hybridized carbons (Fsp3) is 0.409. The number of rotatable bonds is 7. The van der Waals surface area contributed by atoms with Gasteiger partial charge in [-0.05, 0) is 67.5 Å². The fourth-order valence-electron chi connectivity index (χ4n) is 2.88. The quantitative estimate of drug-likeness (QED) is 0.320. The fourth-order valence-corrected chi connectivity index (χ4v) is 3.22. The summed E-state index contributed by atoms with van der Waals surface area (Å²) in [5.74, 6) is -0.685. The Morgan fingerprint density at radius 1 is 1.18 bits per heavy atom. The molecule has 4 nitrogen and oxygen atoms in total. The molecule has 1 aromatic carbocycles. The Hall–Kier alpha value is -1.91. The van der Waals surface area contributed by atoms with Gasteiger partial charge in [0.05, 0.1) is 6.61 Å². The molecule has 0 unspecified atom stereocenters. The van der Waals surface area contributed by atoms with Crippen molar-refractivity contribution < 1.29 is 19.1 Å². The minimum atomic E-state index is -0.630. The van der Waals surface area contributed by atoms with E-state index >= 15 is 0 Å². The summed E-state index contributed by atoms with van der Waals surface area (Å²) in [5, 5.41) is 0.324. The van der Waals surface area contributed by atoms with Crippen LogP contribution in [0.4, 0.5) is 0 Å². The summed E-state index contributed by atoms with van der Waals surface area (Å²) in [6.07, 6.45) is 5.54. The van der Waals surface area contributed by atoms with Crippen LogP contribution in [-0.2, 0) is 25.5 Å². The van der Waals surface area contributed by atoms with E-state index < -0.39 is 5.97 Å². The van der Waals surface area contributed by atoms with Gasteiger partial charge in [0.1, 0.15) is 11.3 Å². The second kappa shape index (κ2) is 12.5. The van der Waals surface area contributed by atoms with Crippen molar-refractivity contribution in [3.05, 3.63) is 50.5 Å². The standard InChI is InChI=1S/C20H20Cl2O4.C2H6/c1-2-26-20(25)18(22)11-15-9-13(7-8-17(15)21)10-19(24)16-6-4-3-5-14(16)12-23;1-2/h7-9,11-12H,2-6,10H2,1H3;1-2H3/b18-11-;. The number of ketones is 1. The summed E-state index contributed by atoms with van der Waals surface area (Å²) in [6.45, 7) is 5.91. The predicted octanol–water partition coefficient (Wildman–Crippen LogP) is 5.69. The average molecular weight is 425 g/mol.